The van der Waals surface area contributed by atoms with Crippen molar-refractivity contribution in [3.63, 3.8) is 0 Å². The van der Waals surface area contributed by atoms with Crippen LogP contribution in [-0.4, -0.2) is 46.9 Å². The maximum absolute atomic E-state index is 12.9. The van der Waals surface area contributed by atoms with Crippen molar-refractivity contribution in [3.05, 3.63) is 42.7 Å². The van der Waals surface area contributed by atoms with Gasteiger partial charge in [0.25, 0.3) is 0 Å². The van der Waals surface area contributed by atoms with Crippen molar-refractivity contribution in [1.29, 1.82) is 0 Å². The Bertz CT molecular complexity index is 677. The monoisotopic (exact) mass is 330 g/mol. The zero-order chi connectivity index (χ0) is 16.4. The fourth-order valence-electron chi connectivity index (χ4n) is 3.50. The van der Waals surface area contributed by atoms with Crippen molar-refractivity contribution in [1.82, 2.24) is 15.0 Å². The molecule has 2 aromatic rings. The maximum Gasteiger partial charge on any atom is 0.225 e. The highest BCUT2D eigenvalue weighted by Crippen LogP contribution is 2.42. The number of hydrogen-bond acceptors (Lipinski definition) is 6. The molecule has 0 saturated carbocycles. The highest BCUT2D eigenvalue weighted by molar-refractivity contribution is 5.38. The molecule has 0 aliphatic carbocycles. The van der Waals surface area contributed by atoms with Gasteiger partial charge < -0.3 is 14.4 Å². The van der Waals surface area contributed by atoms with E-state index < -0.39 is 5.82 Å². The van der Waals surface area contributed by atoms with Gasteiger partial charge in [0.1, 0.15) is 11.4 Å². The van der Waals surface area contributed by atoms with Gasteiger partial charge in [-0.15, -0.1) is 0 Å². The lowest BCUT2D eigenvalue weighted by Gasteiger charge is -2.50. The Morgan fingerprint density at radius 1 is 1.29 bits per heavy atom. The van der Waals surface area contributed by atoms with Crippen LogP contribution >= 0.6 is 0 Å². The van der Waals surface area contributed by atoms with Crippen LogP contribution in [0.25, 0.3) is 0 Å². The standard InChI is InChI=1S/C17H19FN4O2/c18-14-8-20-16(21-9-14)22-11-17(12-22)13(4-7-24-17)3-6-23-15-2-1-5-19-10-15/h1-2,5,8-10,13H,3-4,6-7,11-12H2/t13-/m1/s1. The van der Waals surface area contributed by atoms with Crippen LogP contribution in [0.15, 0.2) is 36.9 Å². The minimum Gasteiger partial charge on any atom is -0.492 e. The third-order valence-corrected chi connectivity index (χ3v) is 4.78. The minimum absolute atomic E-state index is 0.143. The van der Waals surface area contributed by atoms with Gasteiger partial charge in [0.05, 0.1) is 38.3 Å². The van der Waals surface area contributed by atoms with Crippen LogP contribution in [0.2, 0.25) is 0 Å². The van der Waals surface area contributed by atoms with E-state index in [1.807, 2.05) is 17.0 Å². The lowest BCUT2D eigenvalue weighted by Crippen LogP contribution is -2.65. The second-order valence-electron chi connectivity index (χ2n) is 6.28. The summed E-state index contributed by atoms with van der Waals surface area (Å²) in [7, 11) is 0. The molecular formula is C17H19FN4O2. The summed E-state index contributed by atoms with van der Waals surface area (Å²) >= 11 is 0. The molecule has 2 saturated heterocycles. The fourth-order valence-corrected chi connectivity index (χ4v) is 3.50. The molecule has 0 unspecified atom stereocenters. The molecule has 2 fully saturated rings. The van der Waals surface area contributed by atoms with Crippen LogP contribution in [0.4, 0.5) is 10.3 Å². The molecule has 0 N–H and O–H groups in total. The van der Waals surface area contributed by atoms with E-state index in [2.05, 4.69) is 15.0 Å². The summed E-state index contributed by atoms with van der Waals surface area (Å²) in [5, 5.41) is 0. The first-order valence-electron chi connectivity index (χ1n) is 8.14. The van der Waals surface area contributed by atoms with E-state index in [9.17, 15) is 4.39 Å². The molecular weight excluding hydrogens is 311 g/mol. The van der Waals surface area contributed by atoms with Gasteiger partial charge >= 0.3 is 0 Å². The molecule has 2 aliphatic heterocycles. The van der Waals surface area contributed by atoms with Crippen molar-refractivity contribution in [2.24, 2.45) is 5.92 Å². The van der Waals surface area contributed by atoms with Crippen LogP contribution in [0.5, 0.6) is 5.75 Å². The number of nitrogens with zero attached hydrogens (tertiary/aromatic N) is 4. The first-order chi connectivity index (χ1) is 11.8. The quantitative estimate of drug-likeness (QED) is 0.836. The van der Waals surface area contributed by atoms with Gasteiger partial charge in [-0.25, -0.2) is 14.4 Å². The largest absolute Gasteiger partial charge is 0.492 e. The first kappa shape index (κ1) is 15.3. The Kier molecular flexibility index (Phi) is 4.02. The van der Waals surface area contributed by atoms with E-state index in [1.165, 1.54) is 12.4 Å². The Morgan fingerprint density at radius 2 is 2.12 bits per heavy atom. The third kappa shape index (κ3) is 2.91. The number of pyridine rings is 1. The summed E-state index contributed by atoms with van der Waals surface area (Å²) in [6.45, 7) is 2.91. The highest BCUT2D eigenvalue weighted by atomic mass is 19.1. The SMILES string of the molecule is Fc1cnc(N2CC3(C2)OCC[C@H]3CCOc2cccnc2)nc1. The molecule has 2 aromatic heterocycles. The molecule has 6 nitrogen and oxygen atoms in total. The average Bonchev–Trinajstić information content (AvgIpc) is 2.99. The van der Waals surface area contributed by atoms with Crippen LogP contribution in [0.1, 0.15) is 12.8 Å². The van der Waals surface area contributed by atoms with Crippen LogP contribution in [-0.2, 0) is 4.74 Å². The van der Waals surface area contributed by atoms with E-state index in [4.69, 9.17) is 9.47 Å². The zero-order valence-electron chi connectivity index (χ0n) is 13.3. The topological polar surface area (TPSA) is 60.4 Å². The normalized spacial score (nSPS) is 21.7. The van der Waals surface area contributed by atoms with E-state index in [-0.39, 0.29) is 5.60 Å². The smallest absolute Gasteiger partial charge is 0.225 e. The molecule has 4 rings (SSSR count). The fraction of sp³-hybridized carbons (Fsp3) is 0.471. The second-order valence-corrected chi connectivity index (χ2v) is 6.28. The van der Waals surface area contributed by atoms with Crippen molar-refractivity contribution < 1.29 is 13.9 Å². The number of halogens is 1. The summed E-state index contributed by atoms with van der Waals surface area (Å²) in [5.74, 6) is 1.38. The van der Waals surface area contributed by atoms with Crippen LogP contribution in [0, 0.1) is 11.7 Å². The second kappa shape index (κ2) is 6.32. The minimum atomic E-state index is -0.420. The van der Waals surface area contributed by atoms with Crippen LogP contribution < -0.4 is 9.64 Å². The van der Waals surface area contributed by atoms with E-state index in [1.54, 1.807) is 12.4 Å². The number of ether oxygens (including phenoxy) is 2. The molecule has 0 amide bonds. The number of aromatic nitrogens is 3. The van der Waals surface area contributed by atoms with E-state index in [0.29, 0.717) is 18.5 Å². The van der Waals surface area contributed by atoms with Crippen molar-refractivity contribution in [2.75, 3.05) is 31.2 Å². The van der Waals surface area contributed by atoms with Crippen molar-refractivity contribution >= 4 is 5.95 Å². The van der Waals surface area contributed by atoms with Crippen molar-refractivity contribution in [3.8, 4) is 5.75 Å². The summed E-state index contributed by atoms with van der Waals surface area (Å²) < 4.78 is 24.7. The predicted octanol–water partition coefficient (Wildman–Crippen LogP) is 2.08. The Morgan fingerprint density at radius 3 is 2.88 bits per heavy atom. The van der Waals surface area contributed by atoms with E-state index >= 15 is 0 Å². The number of hydrogen-bond donors (Lipinski definition) is 0. The first-order valence-corrected chi connectivity index (χ1v) is 8.14. The molecule has 4 heterocycles. The van der Waals surface area contributed by atoms with Gasteiger partial charge in [0, 0.05) is 12.8 Å². The predicted molar refractivity (Wildman–Crippen MR) is 85.3 cm³/mol. The van der Waals surface area contributed by atoms with Gasteiger partial charge in [-0.05, 0) is 30.9 Å². The summed E-state index contributed by atoms with van der Waals surface area (Å²) in [6.07, 6.45) is 7.82. The molecule has 0 radical (unpaired) electrons. The molecule has 0 bridgehead atoms. The number of anilines is 1. The summed E-state index contributed by atoms with van der Waals surface area (Å²) in [6, 6.07) is 3.77. The van der Waals surface area contributed by atoms with Gasteiger partial charge in [-0.2, -0.15) is 0 Å². The van der Waals surface area contributed by atoms with E-state index in [0.717, 1.165) is 38.3 Å². The molecule has 1 atom stereocenters. The Balaban J connectivity index is 1.32. The van der Waals surface area contributed by atoms with Crippen molar-refractivity contribution in [2.45, 2.75) is 18.4 Å². The van der Waals surface area contributed by atoms with Gasteiger partial charge in [-0.3, -0.25) is 4.98 Å². The third-order valence-electron chi connectivity index (χ3n) is 4.78. The molecule has 24 heavy (non-hydrogen) atoms. The lowest BCUT2D eigenvalue weighted by molar-refractivity contribution is -0.0481. The van der Waals surface area contributed by atoms with Crippen LogP contribution in [0.3, 0.4) is 0 Å². The zero-order valence-corrected chi connectivity index (χ0v) is 13.3. The molecule has 0 aromatic carbocycles. The highest BCUT2D eigenvalue weighted by Gasteiger charge is 2.53. The van der Waals surface area contributed by atoms with Gasteiger partial charge in [0.2, 0.25) is 5.95 Å². The lowest BCUT2D eigenvalue weighted by atomic mass is 9.79. The molecule has 7 heteroatoms. The molecule has 126 valence electrons. The molecule has 1 spiro atoms. The van der Waals surface area contributed by atoms with Gasteiger partial charge in [-0.1, -0.05) is 0 Å². The number of rotatable bonds is 5. The summed E-state index contributed by atoms with van der Waals surface area (Å²) in [5.41, 5.74) is -0.143. The Hall–Kier alpha value is -2.28. The van der Waals surface area contributed by atoms with Gasteiger partial charge in [0.15, 0.2) is 5.82 Å². The average molecular weight is 330 g/mol. The Labute approximate surface area is 139 Å². The summed E-state index contributed by atoms with van der Waals surface area (Å²) in [4.78, 5) is 14.1. The molecule has 2 aliphatic rings. The maximum atomic E-state index is 12.9.